The molecule has 0 saturated carbocycles. The summed E-state index contributed by atoms with van der Waals surface area (Å²) in [5, 5.41) is 0. The largest absolute Gasteiger partial charge is 0.444 e. The number of hydrogen-bond donors (Lipinski definition) is 0. The van der Waals surface area contributed by atoms with Crippen LogP contribution in [0.1, 0.15) is 50.4 Å². The van der Waals surface area contributed by atoms with Crippen molar-refractivity contribution >= 4 is 25.2 Å². The number of ether oxygens (including phenoxy) is 1. The van der Waals surface area contributed by atoms with Crippen LogP contribution in [0.3, 0.4) is 0 Å². The summed E-state index contributed by atoms with van der Waals surface area (Å²) in [5.74, 6) is -0.0714. The van der Waals surface area contributed by atoms with E-state index in [9.17, 15) is 9.59 Å². The van der Waals surface area contributed by atoms with Crippen molar-refractivity contribution in [3.63, 3.8) is 0 Å². The van der Waals surface area contributed by atoms with Crippen LogP contribution in [0, 0.1) is 0 Å². The average Bonchev–Trinajstić information content (AvgIpc) is 2.44. The molecule has 4 nitrogen and oxygen atoms in total. The van der Waals surface area contributed by atoms with E-state index < -0.39 is 17.7 Å². The van der Waals surface area contributed by atoms with Gasteiger partial charge in [0.2, 0.25) is 0 Å². The van der Waals surface area contributed by atoms with Crippen LogP contribution in [0.5, 0.6) is 0 Å². The van der Waals surface area contributed by atoms with Gasteiger partial charge in [0, 0.05) is 12.1 Å². The molecule has 0 aromatic heterocycles. The van der Waals surface area contributed by atoms with E-state index in [1.54, 1.807) is 29.2 Å². The standard InChI is InChI=1S/C17H22BNO3/c1-17(2,3)22-16(21)19-10-5-4-9-14(19)15(20)12-7-6-8-13(18)11-12/h6-8,11,14H,4-5,9-10H2,1-3H3/t14-/m0/s1. The van der Waals surface area contributed by atoms with Crippen LogP contribution in [0.4, 0.5) is 4.79 Å². The highest BCUT2D eigenvalue weighted by molar-refractivity contribution is 6.32. The molecule has 0 aliphatic carbocycles. The molecule has 0 N–H and O–H groups in total. The Morgan fingerprint density at radius 2 is 2.00 bits per heavy atom. The minimum Gasteiger partial charge on any atom is -0.444 e. The molecule has 1 heterocycles. The number of likely N-dealkylation sites (tertiary alicyclic amines) is 1. The van der Waals surface area contributed by atoms with Gasteiger partial charge in [0.25, 0.3) is 0 Å². The number of rotatable bonds is 2. The van der Waals surface area contributed by atoms with Crippen molar-refractivity contribution in [2.24, 2.45) is 0 Å². The van der Waals surface area contributed by atoms with E-state index in [4.69, 9.17) is 12.6 Å². The van der Waals surface area contributed by atoms with E-state index in [0.29, 0.717) is 24.0 Å². The second-order valence-corrected chi connectivity index (χ2v) is 6.68. The van der Waals surface area contributed by atoms with Gasteiger partial charge < -0.3 is 4.74 Å². The first kappa shape index (κ1) is 16.6. The summed E-state index contributed by atoms with van der Waals surface area (Å²) in [6.45, 7) is 6.02. The molecule has 116 valence electrons. The van der Waals surface area contributed by atoms with Gasteiger partial charge in [-0.2, -0.15) is 0 Å². The molecule has 5 heteroatoms. The predicted molar refractivity (Wildman–Crippen MR) is 86.7 cm³/mol. The normalized spacial score (nSPS) is 18.9. The molecule has 1 atom stereocenters. The number of amides is 1. The molecule has 1 fully saturated rings. The molecule has 0 bridgehead atoms. The lowest BCUT2D eigenvalue weighted by Gasteiger charge is -2.35. The van der Waals surface area contributed by atoms with E-state index in [1.807, 2.05) is 20.8 Å². The third-order valence-electron chi connectivity index (χ3n) is 3.60. The fourth-order valence-electron chi connectivity index (χ4n) is 2.63. The van der Waals surface area contributed by atoms with Gasteiger partial charge in [-0.1, -0.05) is 29.7 Å². The molecule has 0 unspecified atom stereocenters. The summed E-state index contributed by atoms with van der Waals surface area (Å²) in [7, 11) is 5.75. The quantitative estimate of drug-likeness (QED) is 0.622. The number of piperidine rings is 1. The van der Waals surface area contributed by atoms with Crippen molar-refractivity contribution in [2.45, 2.75) is 51.7 Å². The Bertz CT molecular complexity index is 565. The molecular weight excluding hydrogens is 277 g/mol. The van der Waals surface area contributed by atoms with Crippen LogP contribution in [0.15, 0.2) is 24.3 Å². The lowest BCUT2D eigenvalue weighted by molar-refractivity contribution is 0.0105. The number of Topliss-reactive ketones (excluding diaryl/α,β-unsaturated/α-hetero) is 1. The fourth-order valence-corrected chi connectivity index (χ4v) is 2.63. The van der Waals surface area contributed by atoms with Crippen LogP contribution < -0.4 is 5.46 Å². The molecule has 1 aliphatic heterocycles. The first-order valence-corrected chi connectivity index (χ1v) is 7.67. The third kappa shape index (κ3) is 4.12. The van der Waals surface area contributed by atoms with Gasteiger partial charge in [0.05, 0.1) is 6.04 Å². The van der Waals surface area contributed by atoms with Crippen molar-refractivity contribution in [1.29, 1.82) is 0 Å². The van der Waals surface area contributed by atoms with E-state index in [1.165, 1.54) is 0 Å². The van der Waals surface area contributed by atoms with Crippen LogP contribution in [0.25, 0.3) is 0 Å². The zero-order valence-electron chi connectivity index (χ0n) is 13.5. The third-order valence-corrected chi connectivity index (χ3v) is 3.60. The van der Waals surface area contributed by atoms with Gasteiger partial charge in [0.15, 0.2) is 5.78 Å². The highest BCUT2D eigenvalue weighted by Gasteiger charge is 2.35. The van der Waals surface area contributed by atoms with Crippen molar-refractivity contribution in [2.75, 3.05) is 6.54 Å². The minimum absolute atomic E-state index is 0.0714. The van der Waals surface area contributed by atoms with Gasteiger partial charge in [-0.15, -0.1) is 0 Å². The fraction of sp³-hybridized carbons (Fsp3) is 0.529. The first-order valence-electron chi connectivity index (χ1n) is 7.67. The van der Waals surface area contributed by atoms with Crippen molar-refractivity contribution in [3.8, 4) is 0 Å². The smallest absolute Gasteiger partial charge is 0.410 e. The summed E-state index contributed by atoms with van der Waals surface area (Å²) in [4.78, 5) is 26.6. The van der Waals surface area contributed by atoms with Crippen LogP contribution >= 0.6 is 0 Å². The van der Waals surface area contributed by atoms with Crippen molar-refractivity contribution in [3.05, 3.63) is 29.8 Å². The molecule has 1 aromatic rings. The maximum atomic E-state index is 12.7. The van der Waals surface area contributed by atoms with Gasteiger partial charge >= 0.3 is 6.09 Å². The van der Waals surface area contributed by atoms with Gasteiger partial charge in [-0.3, -0.25) is 9.69 Å². The molecule has 1 saturated heterocycles. The molecule has 0 spiro atoms. The highest BCUT2D eigenvalue weighted by atomic mass is 16.6. The van der Waals surface area contributed by atoms with Crippen molar-refractivity contribution in [1.82, 2.24) is 4.90 Å². The number of carbonyl (C=O) groups is 2. The van der Waals surface area contributed by atoms with Crippen LogP contribution in [0.2, 0.25) is 0 Å². The molecule has 1 amide bonds. The van der Waals surface area contributed by atoms with E-state index in [-0.39, 0.29) is 5.78 Å². The Morgan fingerprint density at radius 3 is 2.64 bits per heavy atom. The molecule has 2 rings (SSSR count). The number of ketones is 1. The molecule has 2 radical (unpaired) electrons. The first-order chi connectivity index (χ1) is 10.3. The topological polar surface area (TPSA) is 46.6 Å². The molecule has 22 heavy (non-hydrogen) atoms. The second-order valence-electron chi connectivity index (χ2n) is 6.68. The van der Waals surface area contributed by atoms with E-state index in [2.05, 4.69) is 0 Å². The average molecular weight is 299 g/mol. The maximum absolute atomic E-state index is 12.7. The lowest BCUT2D eigenvalue weighted by Crippen LogP contribution is -2.49. The number of nitrogens with zero attached hydrogens (tertiary/aromatic N) is 1. The summed E-state index contributed by atoms with van der Waals surface area (Å²) in [6, 6.07) is 6.42. The number of hydrogen-bond acceptors (Lipinski definition) is 3. The predicted octanol–water partition coefficient (Wildman–Crippen LogP) is 2.45. The van der Waals surface area contributed by atoms with Gasteiger partial charge in [-0.25, -0.2) is 4.79 Å². The second kappa shape index (κ2) is 6.55. The zero-order valence-corrected chi connectivity index (χ0v) is 13.5. The molecule has 1 aromatic carbocycles. The SMILES string of the molecule is [B]c1cccc(C(=O)[C@@H]2CCCCN2C(=O)OC(C)(C)C)c1. The van der Waals surface area contributed by atoms with E-state index >= 15 is 0 Å². The molecule has 1 aliphatic rings. The number of benzene rings is 1. The summed E-state index contributed by atoms with van der Waals surface area (Å²) < 4.78 is 5.43. The van der Waals surface area contributed by atoms with Crippen LogP contribution in [-0.4, -0.2) is 42.8 Å². The van der Waals surface area contributed by atoms with Crippen LogP contribution in [-0.2, 0) is 4.74 Å². The molecular formula is C17H22BNO3. The Morgan fingerprint density at radius 1 is 1.27 bits per heavy atom. The van der Waals surface area contributed by atoms with E-state index in [0.717, 1.165) is 12.8 Å². The van der Waals surface area contributed by atoms with Crippen molar-refractivity contribution < 1.29 is 14.3 Å². The Hall–Kier alpha value is -1.78. The Balaban J connectivity index is 2.19. The summed E-state index contributed by atoms with van der Waals surface area (Å²) in [6.07, 6.45) is 2.06. The zero-order chi connectivity index (χ0) is 16.3. The monoisotopic (exact) mass is 299 g/mol. The van der Waals surface area contributed by atoms with Gasteiger partial charge in [0.1, 0.15) is 13.4 Å². The highest BCUT2D eigenvalue weighted by Crippen LogP contribution is 2.23. The Labute approximate surface area is 133 Å². The Kier molecular flexibility index (Phi) is 4.94. The summed E-state index contributed by atoms with van der Waals surface area (Å²) in [5.41, 5.74) is 0.519. The van der Waals surface area contributed by atoms with Gasteiger partial charge in [-0.05, 0) is 40.0 Å². The lowest BCUT2D eigenvalue weighted by atomic mass is 9.90. The number of carbonyl (C=O) groups excluding carboxylic acids is 2. The maximum Gasteiger partial charge on any atom is 0.410 e. The summed E-state index contributed by atoms with van der Waals surface area (Å²) >= 11 is 0. The minimum atomic E-state index is -0.570.